The van der Waals surface area contributed by atoms with Crippen LogP contribution in [0.5, 0.6) is 11.5 Å². The molecule has 0 saturated carbocycles. The number of aromatic nitrogens is 2. The average molecular weight is 414 g/mol. The summed E-state index contributed by atoms with van der Waals surface area (Å²) in [5.74, 6) is 1.96. The van der Waals surface area contributed by atoms with Crippen LogP contribution < -0.4 is 14.8 Å². The van der Waals surface area contributed by atoms with Crippen molar-refractivity contribution in [2.45, 2.75) is 18.9 Å². The van der Waals surface area contributed by atoms with Crippen LogP contribution in [-0.4, -0.2) is 29.7 Å². The fraction of sp³-hybridized carbons (Fsp3) is 0.273. The molecule has 3 rings (SSSR count). The lowest BCUT2D eigenvalue weighted by atomic mass is 10.0. The Labute approximate surface area is 175 Å². The second-order valence-corrected chi connectivity index (χ2v) is 7.01. The van der Waals surface area contributed by atoms with Crippen LogP contribution in [0.15, 0.2) is 54.9 Å². The number of para-hydroxylation sites is 1. The third-order valence-electron chi connectivity index (χ3n) is 4.73. The lowest BCUT2D eigenvalue weighted by molar-refractivity contribution is -0.121. The zero-order valence-electron chi connectivity index (χ0n) is 16.7. The maximum atomic E-state index is 12.8. The highest BCUT2D eigenvalue weighted by Gasteiger charge is 2.23. The van der Waals surface area contributed by atoms with Crippen molar-refractivity contribution in [1.29, 1.82) is 0 Å². The molecule has 1 amide bonds. The molecule has 0 aliphatic carbocycles. The van der Waals surface area contributed by atoms with Crippen LogP contribution in [0.3, 0.4) is 0 Å². The summed E-state index contributed by atoms with van der Waals surface area (Å²) in [5, 5.41) is 3.63. The van der Waals surface area contributed by atoms with Gasteiger partial charge in [0.25, 0.3) is 0 Å². The number of carbonyl (C=O) groups is 1. The summed E-state index contributed by atoms with van der Waals surface area (Å²) in [6, 6.07) is 12.7. The van der Waals surface area contributed by atoms with E-state index in [4.69, 9.17) is 21.1 Å². The van der Waals surface area contributed by atoms with Crippen molar-refractivity contribution < 1.29 is 14.3 Å². The molecule has 0 fully saturated rings. The van der Waals surface area contributed by atoms with Gasteiger partial charge in [-0.3, -0.25) is 4.79 Å². The predicted molar refractivity (Wildman–Crippen MR) is 113 cm³/mol. The quantitative estimate of drug-likeness (QED) is 0.607. The Hall–Kier alpha value is -2.99. The lowest BCUT2D eigenvalue weighted by Gasteiger charge is -2.21. The molecule has 0 aliphatic heterocycles. The largest absolute Gasteiger partial charge is 0.496 e. The molecule has 1 atom stereocenters. The van der Waals surface area contributed by atoms with Crippen molar-refractivity contribution in [3.63, 3.8) is 0 Å². The summed E-state index contributed by atoms with van der Waals surface area (Å²) in [5.41, 5.74) is 1.82. The van der Waals surface area contributed by atoms with Crippen LogP contribution in [0.1, 0.15) is 29.4 Å². The standard InChI is InChI=1S/C22H24ClN3O3/c1-26-13-12-24-22(26)21(16-6-4-5-7-18(16)28-2)25-20(27)11-9-15-8-10-19(29-3)17(23)14-15/h4-8,10,12-14,21H,9,11H2,1-3H3,(H,25,27). The SMILES string of the molecule is COc1ccc(CCC(=O)NC(c2ccccc2OC)c2nccn2C)cc1Cl. The first kappa shape index (κ1) is 20.7. The molecule has 1 N–H and O–H groups in total. The summed E-state index contributed by atoms with van der Waals surface area (Å²) >= 11 is 6.18. The normalized spacial score (nSPS) is 11.7. The van der Waals surface area contributed by atoms with Gasteiger partial charge in [0, 0.05) is 31.4 Å². The Morgan fingerprint density at radius 1 is 1.17 bits per heavy atom. The molecule has 0 saturated heterocycles. The Morgan fingerprint density at radius 2 is 1.93 bits per heavy atom. The van der Waals surface area contributed by atoms with E-state index in [1.54, 1.807) is 26.5 Å². The summed E-state index contributed by atoms with van der Waals surface area (Å²) in [6.45, 7) is 0. The number of benzene rings is 2. The number of imidazole rings is 1. The first-order chi connectivity index (χ1) is 14.0. The first-order valence-electron chi connectivity index (χ1n) is 9.25. The molecule has 6 nitrogen and oxygen atoms in total. The second kappa shape index (κ2) is 9.47. The van der Waals surface area contributed by atoms with Crippen LogP contribution in [0.4, 0.5) is 0 Å². The molecule has 1 aromatic heterocycles. The van der Waals surface area contributed by atoms with Crippen LogP contribution >= 0.6 is 11.6 Å². The molecule has 3 aromatic rings. The molecule has 0 radical (unpaired) electrons. The Balaban J connectivity index is 1.77. The van der Waals surface area contributed by atoms with Crippen molar-refractivity contribution in [2.75, 3.05) is 14.2 Å². The van der Waals surface area contributed by atoms with Crippen molar-refractivity contribution in [2.24, 2.45) is 7.05 Å². The van der Waals surface area contributed by atoms with Gasteiger partial charge >= 0.3 is 0 Å². The third kappa shape index (κ3) is 4.90. The number of aryl methyl sites for hydroxylation is 2. The van der Waals surface area contributed by atoms with Gasteiger partial charge in [0.15, 0.2) is 0 Å². The van der Waals surface area contributed by atoms with Gasteiger partial charge in [0.1, 0.15) is 23.4 Å². The van der Waals surface area contributed by atoms with E-state index in [2.05, 4.69) is 10.3 Å². The molecular formula is C22H24ClN3O3. The van der Waals surface area contributed by atoms with Gasteiger partial charge < -0.3 is 19.4 Å². The second-order valence-electron chi connectivity index (χ2n) is 6.61. The molecule has 1 unspecified atom stereocenters. The van der Waals surface area contributed by atoms with Gasteiger partial charge in [0.05, 0.1) is 19.2 Å². The van der Waals surface area contributed by atoms with E-state index in [0.717, 1.165) is 17.0 Å². The molecule has 0 bridgehead atoms. The molecule has 1 heterocycles. The van der Waals surface area contributed by atoms with E-state index in [0.29, 0.717) is 29.4 Å². The Morgan fingerprint density at radius 3 is 2.59 bits per heavy atom. The highest BCUT2D eigenvalue weighted by molar-refractivity contribution is 6.32. The minimum Gasteiger partial charge on any atom is -0.496 e. The van der Waals surface area contributed by atoms with Gasteiger partial charge in [-0.05, 0) is 30.2 Å². The number of nitrogens with zero attached hydrogens (tertiary/aromatic N) is 2. The van der Waals surface area contributed by atoms with Gasteiger partial charge in [-0.1, -0.05) is 35.9 Å². The smallest absolute Gasteiger partial charge is 0.221 e. The summed E-state index contributed by atoms with van der Waals surface area (Å²) in [7, 11) is 5.09. The number of methoxy groups -OCH3 is 2. The molecule has 0 aliphatic rings. The zero-order chi connectivity index (χ0) is 20.8. The van der Waals surface area contributed by atoms with Crippen LogP contribution in [-0.2, 0) is 18.3 Å². The minimum absolute atomic E-state index is 0.0872. The number of hydrogen-bond acceptors (Lipinski definition) is 4. The topological polar surface area (TPSA) is 65.4 Å². The number of nitrogens with one attached hydrogen (secondary N) is 1. The minimum atomic E-state index is -0.418. The number of rotatable bonds is 8. The summed E-state index contributed by atoms with van der Waals surface area (Å²) < 4.78 is 12.6. The number of amides is 1. The number of carbonyl (C=O) groups excluding carboxylic acids is 1. The van der Waals surface area contributed by atoms with E-state index in [1.807, 2.05) is 54.2 Å². The van der Waals surface area contributed by atoms with Crippen molar-refractivity contribution in [3.8, 4) is 11.5 Å². The highest BCUT2D eigenvalue weighted by atomic mass is 35.5. The Bertz CT molecular complexity index is 987. The van der Waals surface area contributed by atoms with E-state index in [-0.39, 0.29) is 5.91 Å². The van der Waals surface area contributed by atoms with Crippen molar-refractivity contribution in [3.05, 3.63) is 76.8 Å². The molecular weight excluding hydrogens is 390 g/mol. The monoisotopic (exact) mass is 413 g/mol. The molecule has 2 aromatic carbocycles. The number of ether oxygens (including phenoxy) is 2. The average Bonchev–Trinajstić information content (AvgIpc) is 3.16. The maximum Gasteiger partial charge on any atom is 0.221 e. The van der Waals surface area contributed by atoms with E-state index in [1.165, 1.54) is 0 Å². The zero-order valence-corrected chi connectivity index (χ0v) is 17.4. The van der Waals surface area contributed by atoms with Crippen molar-refractivity contribution in [1.82, 2.24) is 14.9 Å². The van der Waals surface area contributed by atoms with Gasteiger partial charge in [-0.2, -0.15) is 0 Å². The summed E-state index contributed by atoms with van der Waals surface area (Å²) in [6.07, 6.45) is 4.44. The number of hydrogen-bond donors (Lipinski definition) is 1. The predicted octanol–water partition coefficient (Wildman–Crippen LogP) is 3.93. The summed E-state index contributed by atoms with van der Waals surface area (Å²) in [4.78, 5) is 17.2. The molecule has 152 valence electrons. The maximum absolute atomic E-state index is 12.8. The van der Waals surface area contributed by atoms with E-state index in [9.17, 15) is 4.79 Å². The van der Waals surface area contributed by atoms with Crippen LogP contribution in [0.2, 0.25) is 5.02 Å². The fourth-order valence-electron chi connectivity index (χ4n) is 3.20. The van der Waals surface area contributed by atoms with Crippen LogP contribution in [0.25, 0.3) is 0 Å². The Kier molecular flexibility index (Phi) is 6.77. The van der Waals surface area contributed by atoms with Crippen molar-refractivity contribution >= 4 is 17.5 Å². The van der Waals surface area contributed by atoms with Gasteiger partial charge in [-0.25, -0.2) is 4.98 Å². The molecule has 0 spiro atoms. The van der Waals surface area contributed by atoms with E-state index >= 15 is 0 Å². The fourth-order valence-corrected chi connectivity index (χ4v) is 3.48. The lowest BCUT2D eigenvalue weighted by Crippen LogP contribution is -2.31. The van der Waals surface area contributed by atoms with Gasteiger partial charge in [-0.15, -0.1) is 0 Å². The van der Waals surface area contributed by atoms with Crippen LogP contribution in [0, 0.1) is 0 Å². The highest BCUT2D eigenvalue weighted by Crippen LogP contribution is 2.29. The number of halogens is 1. The third-order valence-corrected chi connectivity index (χ3v) is 5.02. The van der Waals surface area contributed by atoms with E-state index < -0.39 is 6.04 Å². The van der Waals surface area contributed by atoms with Gasteiger partial charge in [0.2, 0.25) is 5.91 Å². The molecule has 29 heavy (non-hydrogen) atoms. The first-order valence-corrected chi connectivity index (χ1v) is 9.63. The molecule has 7 heteroatoms.